The second-order valence-electron chi connectivity index (χ2n) is 11.5. The van der Waals surface area contributed by atoms with Crippen molar-refractivity contribution >= 4 is 38.6 Å². The van der Waals surface area contributed by atoms with Crippen molar-refractivity contribution in [1.82, 2.24) is 0 Å². The Kier molecular flexibility index (Phi) is 6.52. The van der Waals surface area contributed by atoms with Gasteiger partial charge in [-0.1, -0.05) is 45.9 Å². The molecule has 0 spiro atoms. The van der Waals surface area contributed by atoms with E-state index in [1.165, 1.54) is 33.8 Å². The number of halogens is 1. The van der Waals surface area contributed by atoms with Crippen LogP contribution < -0.4 is 0 Å². The van der Waals surface area contributed by atoms with E-state index < -0.39 is 17.7 Å². The highest BCUT2D eigenvalue weighted by atomic mass is 79.9. The summed E-state index contributed by atoms with van der Waals surface area (Å²) >= 11 is 6.64. The monoisotopic (exact) mass is 604 g/mol. The molecule has 1 unspecified atom stereocenters. The molecule has 1 aliphatic carbocycles. The fourth-order valence-electron chi connectivity index (χ4n) is 5.98. The Balaban J connectivity index is 1.58. The van der Waals surface area contributed by atoms with E-state index in [4.69, 9.17) is 18.9 Å². The SMILES string of the molecule is CC1(C)CCC(C)(C)c2cc(C(O)(c3csc(C4OCCO4)c3)C3(c4cc(Br)cs4)OCCO3)ccc21. The Morgan fingerprint density at radius 1 is 0.838 bits per heavy atom. The lowest BCUT2D eigenvalue weighted by Gasteiger charge is -2.45. The average molecular weight is 606 g/mol. The van der Waals surface area contributed by atoms with Crippen LogP contribution in [0.2, 0.25) is 0 Å². The van der Waals surface area contributed by atoms with Crippen LogP contribution in [0, 0.1) is 0 Å². The molecule has 3 aromatic rings. The van der Waals surface area contributed by atoms with Gasteiger partial charge < -0.3 is 24.1 Å². The number of benzene rings is 1. The molecule has 2 saturated heterocycles. The fourth-order valence-corrected chi connectivity index (χ4v) is 8.50. The van der Waals surface area contributed by atoms with E-state index >= 15 is 0 Å². The molecule has 198 valence electrons. The van der Waals surface area contributed by atoms with Crippen LogP contribution in [0.15, 0.2) is 45.6 Å². The van der Waals surface area contributed by atoms with Crippen LogP contribution in [0.4, 0.5) is 0 Å². The van der Waals surface area contributed by atoms with Crippen molar-refractivity contribution in [2.45, 2.75) is 69.0 Å². The second-order valence-corrected chi connectivity index (χ2v) is 14.3. The third-order valence-corrected chi connectivity index (χ3v) is 11.0. The molecule has 2 aromatic heterocycles. The highest BCUT2D eigenvalue weighted by Gasteiger charge is 2.60. The first kappa shape index (κ1) is 26.1. The molecule has 2 fully saturated rings. The van der Waals surface area contributed by atoms with Crippen molar-refractivity contribution in [2.24, 2.45) is 0 Å². The van der Waals surface area contributed by atoms with E-state index in [1.807, 2.05) is 22.9 Å². The largest absolute Gasteiger partial charge is 0.375 e. The Morgan fingerprint density at radius 2 is 1.51 bits per heavy atom. The number of hydrogen-bond acceptors (Lipinski definition) is 7. The van der Waals surface area contributed by atoms with E-state index in [1.54, 1.807) is 0 Å². The maximum atomic E-state index is 13.1. The fraction of sp³-hybridized carbons (Fsp3) is 0.517. The van der Waals surface area contributed by atoms with Gasteiger partial charge in [0.05, 0.1) is 36.2 Å². The number of aliphatic hydroxyl groups is 1. The minimum Gasteiger partial charge on any atom is -0.375 e. The first-order chi connectivity index (χ1) is 17.6. The van der Waals surface area contributed by atoms with Crippen molar-refractivity contribution < 1.29 is 24.1 Å². The molecule has 3 aliphatic rings. The molecule has 1 N–H and O–H groups in total. The normalized spacial score (nSPS) is 24.2. The van der Waals surface area contributed by atoms with Crippen molar-refractivity contribution in [1.29, 1.82) is 0 Å². The summed E-state index contributed by atoms with van der Waals surface area (Å²) < 4.78 is 25.4. The molecule has 37 heavy (non-hydrogen) atoms. The molecular formula is C29H33BrO5S2. The molecule has 8 heteroatoms. The van der Waals surface area contributed by atoms with Crippen LogP contribution in [-0.4, -0.2) is 31.5 Å². The molecule has 4 heterocycles. The number of hydrogen-bond donors (Lipinski definition) is 1. The maximum absolute atomic E-state index is 13.1. The molecule has 1 atom stereocenters. The van der Waals surface area contributed by atoms with Gasteiger partial charge in [0.1, 0.15) is 0 Å². The third-order valence-electron chi connectivity index (χ3n) is 8.22. The Labute approximate surface area is 234 Å². The predicted molar refractivity (Wildman–Crippen MR) is 149 cm³/mol. The lowest BCUT2D eigenvalue weighted by Crippen LogP contribution is -2.51. The molecule has 1 aromatic carbocycles. The predicted octanol–water partition coefficient (Wildman–Crippen LogP) is 7.10. The van der Waals surface area contributed by atoms with E-state index in [2.05, 4.69) is 61.8 Å². The van der Waals surface area contributed by atoms with Gasteiger partial charge in [-0.2, -0.15) is 0 Å². The summed E-state index contributed by atoms with van der Waals surface area (Å²) in [6.45, 7) is 11.2. The number of rotatable bonds is 5. The smallest absolute Gasteiger partial charge is 0.243 e. The lowest BCUT2D eigenvalue weighted by atomic mass is 9.62. The highest BCUT2D eigenvalue weighted by molar-refractivity contribution is 9.10. The van der Waals surface area contributed by atoms with Crippen LogP contribution in [0.25, 0.3) is 0 Å². The minimum absolute atomic E-state index is 0.0103. The first-order valence-corrected chi connectivity index (χ1v) is 15.3. The van der Waals surface area contributed by atoms with Gasteiger partial charge in [0.15, 0.2) is 11.9 Å². The van der Waals surface area contributed by atoms with Gasteiger partial charge in [0, 0.05) is 15.4 Å². The summed E-state index contributed by atoms with van der Waals surface area (Å²) in [5.41, 5.74) is 2.56. The van der Waals surface area contributed by atoms with Crippen molar-refractivity contribution in [3.05, 3.63) is 77.6 Å². The number of thiophene rings is 2. The van der Waals surface area contributed by atoms with Crippen molar-refractivity contribution in [3.8, 4) is 0 Å². The Hall–Kier alpha value is -1.10. The topological polar surface area (TPSA) is 57.2 Å². The molecule has 0 radical (unpaired) electrons. The maximum Gasteiger partial charge on any atom is 0.243 e. The number of ether oxygens (including phenoxy) is 4. The Bertz CT molecular complexity index is 1300. The van der Waals surface area contributed by atoms with Gasteiger partial charge in [0.25, 0.3) is 0 Å². The van der Waals surface area contributed by atoms with E-state index in [0.29, 0.717) is 32.0 Å². The van der Waals surface area contributed by atoms with Crippen LogP contribution in [0.5, 0.6) is 0 Å². The van der Waals surface area contributed by atoms with E-state index in [9.17, 15) is 5.11 Å². The first-order valence-electron chi connectivity index (χ1n) is 12.8. The summed E-state index contributed by atoms with van der Waals surface area (Å²) in [6, 6.07) is 10.5. The van der Waals surface area contributed by atoms with Gasteiger partial charge in [-0.05, 0) is 73.8 Å². The lowest BCUT2D eigenvalue weighted by molar-refractivity contribution is -0.267. The third kappa shape index (κ3) is 4.11. The van der Waals surface area contributed by atoms with Crippen molar-refractivity contribution in [3.63, 3.8) is 0 Å². The molecule has 0 saturated carbocycles. The molecule has 0 bridgehead atoms. The van der Waals surface area contributed by atoms with Gasteiger partial charge in [-0.3, -0.25) is 0 Å². The van der Waals surface area contributed by atoms with Gasteiger partial charge in [-0.25, -0.2) is 0 Å². The molecule has 2 aliphatic heterocycles. The van der Waals surface area contributed by atoms with E-state index in [0.717, 1.165) is 32.6 Å². The van der Waals surface area contributed by atoms with Crippen LogP contribution in [-0.2, 0) is 41.2 Å². The standard InChI is InChI=1S/C29H33BrO5S2/c1-26(2)7-8-27(3,4)22-13-18(5-6-21(22)26)28(31,19-14-23(36-16-19)25-32-9-10-33-25)29(34-11-12-35-29)24-15-20(30)17-37-24/h5-6,13-17,25,31H,7-12H2,1-4H3. The van der Waals surface area contributed by atoms with E-state index in [-0.39, 0.29) is 10.8 Å². The Morgan fingerprint density at radius 3 is 2.16 bits per heavy atom. The summed E-state index contributed by atoms with van der Waals surface area (Å²) in [4.78, 5) is 1.74. The average Bonchev–Trinajstić information content (AvgIpc) is 3.67. The zero-order chi connectivity index (χ0) is 26.1. The second kappa shape index (κ2) is 9.24. The molecule has 6 rings (SSSR count). The zero-order valence-electron chi connectivity index (χ0n) is 21.6. The molecule has 0 amide bonds. The summed E-state index contributed by atoms with van der Waals surface area (Å²) in [5, 5.41) is 17.1. The molecular weight excluding hydrogens is 572 g/mol. The van der Waals surface area contributed by atoms with Crippen LogP contribution in [0.3, 0.4) is 0 Å². The van der Waals surface area contributed by atoms with Crippen molar-refractivity contribution in [2.75, 3.05) is 26.4 Å². The number of fused-ring (bicyclic) bond motifs is 1. The van der Waals surface area contributed by atoms with Gasteiger partial charge >= 0.3 is 0 Å². The van der Waals surface area contributed by atoms with Gasteiger partial charge in [0.2, 0.25) is 5.79 Å². The quantitative estimate of drug-likeness (QED) is 0.336. The molecule has 5 nitrogen and oxygen atoms in total. The van der Waals surface area contributed by atoms with Gasteiger partial charge in [-0.15, -0.1) is 22.7 Å². The highest BCUT2D eigenvalue weighted by Crippen LogP contribution is 2.55. The summed E-state index contributed by atoms with van der Waals surface area (Å²) in [5.74, 6) is -1.39. The summed E-state index contributed by atoms with van der Waals surface area (Å²) in [7, 11) is 0. The minimum atomic E-state index is -1.60. The van der Waals surface area contributed by atoms with Crippen LogP contribution in [0.1, 0.15) is 78.8 Å². The summed E-state index contributed by atoms with van der Waals surface area (Å²) in [6.07, 6.45) is 1.80. The zero-order valence-corrected chi connectivity index (χ0v) is 24.9. The van der Waals surface area contributed by atoms with Crippen LogP contribution >= 0.6 is 38.6 Å².